The second-order valence-electron chi connectivity index (χ2n) is 7.38. The fourth-order valence-corrected chi connectivity index (χ4v) is 4.55. The van der Waals surface area contributed by atoms with Gasteiger partial charge >= 0.3 is 0 Å². The molecule has 146 valence electrons. The molecule has 4 rings (SSSR count). The van der Waals surface area contributed by atoms with Gasteiger partial charge in [-0.2, -0.15) is 0 Å². The zero-order valence-corrected chi connectivity index (χ0v) is 17.1. The molecule has 6 nitrogen and oxygen atoms in total. The number of carbonyl (C=O) groups excluding carboxylic acids is 1. The van der Waals surface area contributed by atoms with E-state index in [2.05, 4.69) is 19.9 Å². The first kappa shape index (κ1) is 18.9. The molecule has 1 saturated carbocycles. The zero-order chi connectivity index (χ0) is 19.5. The van der Waals surface area contributed by atoms with Crippen molar-refractivity contribution < 1.29 is 4.79 Å². The number of thioether (sulfide) groups is 1. The fourth-order valence-electron chi connectivity index (χ4n) is 3.69. The summed E-state index contributed by atoms with van der Waals surface area (Å²) in [5.41, 5.74) is 3.73. The van der Waals surface area contributed by atoms with Gasteiger partial charge in [0.15, 0.2) is 5.16 Å². The lowest BCUT2D eigenvalue weighted by molar-refractivity contribution is -0.120. The largest absolute Gasteiger partial charge is 0.330 e. The Kier molecular flexibility index (Phi) is 5.62. The molecule has 1 amide bonds. The molecule has 0 bridgehead atoms. The molecule has 1 aliphatic carbocycles. The van der Waals surface area contributed by atoms with E-state index in [1.165, 1.54) is 6.42 Å². The SMILES string of the molecule is Cc1ccnc(SCc2nc3cc(NC(=O)C4CCCCC4)ccc3n2C)n1. The Morgan fingerprint density at radius 2 is 2.04 bits per heavy atom. The molecule has 0 atom stereocenters. The van der Waals surface area contributed by atoms with Gasteiger partial charge in [0.25, 0.3) is 0 Å². The molecular weight excluding hydrogens is 370 g/mol. The van der Waals surface area contributed by atoms with Crippen LogP contribution in [0.4, 0.5) is 5.69 Å². The van der Waals surface area contributed by atoms with E-state index in [1.807, 2.05) is 38.2 Å². The summed E-state index contributed by atoms with van der Waals surface area (Å²) in [5, 5.41) is 3.84. The third-order valence-corrected chi connectivity index (χ3v) is 6.18. The highest BCUT2D eigenvalue weighted by atomic mass is 32.2. The number of aryl methyl sites for hydroxylation is 2. The minimum absolute atomic E-state index is 0.141. The summed E-state index contributed by atoms with van der Waals surface area (Å²) in [4.78, 5) is 26.0. The molecule has 1 fully saturated rings. The minimum Gasteiger partial charge on any atom is -0.330 e. The van der Waals surface area contributed by atoms with E-state index in [0.717, 1.165) is 59.1 Å². The van der Waals surface area contributed by atoms with Gasteiger partial charge < -0.3 is 9.88 Å². The van der Waals surface area contributed by atoms with Crippen molar-refractivity contribution in [3.05, 3.63) is 42.0 Å². The first-order valence-corrected chi connectivity index (χ1v) is 10.8. The van der Waals surface area contributed by atoms with Gasteiger partial charge in [0.1, 0.15) is 5.82 Å². The molecule has 1 aromatic carbocycles. The minimum atomic E-state index is 0.141. The van der Waals surface area contributed by atoms with Crippen molar-refractivity contribution in [2.24, 2.45) is 13.0 Å². The molecule has 7 heteroatoms. The topological polar surface area (TPSA) is 72.7 Å². The van der Waals surface area contributed by atoms with Gasteiger partial charge in [-0.15, -0.1) is 0 Å². The molecule has 1 aliphatic rings. The summed E-state index contributed by atoms with van der Waals surface area (Å²) in [5.74, 6) is 1.94. The van der Waals surface area contributed by atoms with Gasteiger partial charge in [-0.3, -0.25) is 4.79 Å². The van der Waals surface area contributed by atoms with Crippen LogP contribution in [0.15, 0.2) is 35.6 Å². The quantitative estimate of drug-likeness (QED) is 0.509. The van der Waals surface area contributed by atoms with Gasteiger partial charge in [0, 0.05) is 30.5 Å². The van der Waals surface area contributed by atoms with Gasteiger partial charge in [-0.1, -0.05) is 31.0 Å². The van der Waals surface area contributed by atoms with Crippen LogP contribution in [0, 0.1) is 12.8 Å². The third kappa shape index (κ3) is 4.19. The summed E-state index contributed by atoms with van der Waals surface area (Å²) in [6, 6.07) is 7.84. The Bertz CT molecular complexity index is 994. The summed E-state index contributed by atoms with van der Waals surface area (Å²) < 4.78 is 2.09. The van der Waals surface area contributed by atoms with E-state index < -0.39 is 0 Å². The number of rotatable bonds is 5. The number of nitrogens with one attached hydrogen (secondary N) is 1. The summed E-state index contributed by atoms with van der Waals surface area (Å²) in [6.45, 7) is 1.96. The van der Waals surface area contributed by atoms with Crippen molar-refractivity contribution in [1.82, 2.24) is 19.5 Å². The Morgan fingerprint density at radius 1 is 1.21 bits per heavy atom. The van der Waals surface area contributed by atoms with Crippen molar-refractivity contribution >= 4 is 34.4 Å². The molecule has 0 unspecified atom stereocenters. The maximum Gasteiger partial charge on any atom is 0.227 e. The molecular formula is C21H25N5OS. The van der Waals surface area contributed by atoms with Crippen molar-refractivity contribution in [3.63, 3.8) is 0 Å². The van der Waals surface area contributed by atoms with Crippen molar-refractivity contribution in [1.29, 1.82) is 0 Å². The average molecular weight is 396 g/mol. The molecule has 0 aliphatic heterocycles. The lowest BCUT2D eigenvalue weighted by Crippen LogP contribution is -2.24. The van der Waals surface area contributed by atoms with Crippen LogP contribution in [-0.2, 0) is 17.6 Å². The van der Waals surface area contributed by atoms with Gasteiger partial charge in [-0.05, 0) is 44.0 Å². The number of aromatic nitrogens is 4. The van der Waals surface area contributed by atoms with Crippen LogP contribution in [0.5, 0.6) is 0 Å². The first-order chi connectivity index (χ1) is 13.6. The van der Waals surface area contributed by atoms with Crippen molar-refractivity contribution in [3.8, 4) is 0 Å². The van der Waals surface area contributed by atoms with Crippen LogP contribution in [0.2, 0.25) is 0 Å². The Hall–Kier alpha value is -2.41. The van der Waals surface area contributed by atoms with Crippen molar-refractivity contribution in [2.75, 3.05) is 5.32 Å². The molecule has 2 heterocycles. The number of imidazole rings is 1. The number of fused-ring (bicyclic) bond motifs is 1. The Balaban J connectivity index is 1.48. The van der Waals surface area contributed by atoms with Gasteiger partial charge in [-0.25, -0.2) is 15.0 Å². The average Bonchev–Trinajstić information content (AvgIpc) is 3.02. The van der Waals surface area contributed by atoms with Crippen LogP contribution in [-0.4, -0.2) is 25.4 Å². The number of nitrogens with zero attached hydrogens (tertiary/aromatic N) is 4. The lowest BCUT2D eigenvalue weighted by Gasteiger charge is -2.20. The van der Waals surface area contributed by atoms with E-state index in [-0.39, 0.29) is 11.8 Å². The van der Waals surface area contributed by atoms with E-state index in [1.54, 1.807) is 18.0 Å². The first-order valence-electron chi connectivity index (χ1n) is 9.79. The normalized spacial score (nSPS) is 15.1. The standard InChI is InChI=1S/C21H25N5OS/c1-14-10-11-22-21(23-14)28-13-19-25-17-12-16(8-9-18(17)26(19)2)24-20(27)15-6-4-3-5-7-15/h8-12,15H,3-7,13H2,1-2H3,(H,24,27). The fraction of sp³-hybridized carbons (Fsp3) is 0.429. The van der Waals surface area contributed by atoms with Crippen molar-refractivity contribution in [2.45, 2.75) is 49.9 Å². The predicted octanol–water partition coefficient (Wildman–Crippen LogP) is 4.48. The second-order valence-corrected chi connectivity index (χ2v) is 8.33. The van der Waals surface area contributed by atoms with E-state index in [0.29, 0.717) is 5.75 Å². The number of hydrogen-bond donors (Lipinski definition) is 1. The van der Waals surface area contributed by atoms with E-state index >= 15 is 0 Å². The molecule has 0 radical (unpaired) electrons. The monoisotopic (exact) mass is 395 g/mol. The highest BCUT2D eigenvalue weighted by Crippen LogP contribution is 2.27. The summed E-state index contributed by atoms with van der Waals surface area (Å²) in [6.07, 6.45) is 7.34. The number of amides is 1. The van der Waals surface area contributed by atoms with E-state index in [9.17, 15) is 4.79 Å². The van der Waals surface area contributed by atoms with Crippen LogP contribution >= 0.6 is 11.8 Å². The number of benzene rings is 1. The lowest BCUT2D eigenvalue weighted by atomic mass is 9.88. The Labute approximate surface area is 169 Å². The third-order valence-electron chi connectivity index (χ3n) is 5.32. The van der Waals surface area contributed by atoms with Gasteiger partial charge in [0.2, 0.25) is 5.91 Å². The van der Waals surface area contributed by atoms with E-state index in [4.69, 9.17) is 4.98 Å². The maximum absolute atomic E-state index is 12.5. The summed E-state index contributed by atoms with van der Waals surface area (Å²) >= 11 is 1.58. The molecule has 3 aromatic rings. The van der Waals surface area contributed by atoms with Crippen LogP contribution in [0.25, 0.3) is 11.0 Å². The summed E-state index contributed by atoms with van der Waals surface area (Å²) in [7, 11) is 2.02. The van der Waals surface area contributed by atoms with Crippen LogP contribution < -0.4 is 5.32 Å². The number of carbonyl (C=O) groups is 1. The maximum atomic E-state index is 12.5. The van der Waals surface area contributed by atoms with Crippen LogP contribution in [0.1, 0.15) is 43.6 Å². The number of hydrogen-bond acceptors (Lipinski definition) is 5. The molecule has 1 N–H and O–H groups in total. The molecule has 0 saturated heterocycles. The highest BCUT2D eigenvalue weighted by Gasteiger charge is 2.21. The molecule has 2 aromatic heterocycles. The molecule has 28 heavy (non-hydrogen) atoms. The second kappa shape index (κ2) is 8.31. The Morgan fingerprint density at radius 3 is 2.82 bits per heavy atom. The highest BCUT2D eigenvalue weighted by molar-refractivity contribution is 7.98. The zero-order valence-electron chi connectivity index (χ0n) is 16.3. The predicted molar refractivity (Wildman–Crippen MR) is 112 cm³/mol. The smallest absolute Gasteiger partial charge is 0.227 e. The molecule has 0 spiro atoms. The number of anilines is 1. The van der Waals surface area contributed by atoms with Crippen LogP contribution in [0.3, 0.4) is 0 Å². The van der Waals surface area contributed by atoms with Gasteiger partial charge in [0.05, 0.1) is 16.8 Å².